The monoisotopic (exact) mass is 1090 g/mol. The van der Waals surface area contributed by atoms with Gasteiger partial charge in [0.25, 0.3) is 0 Å². The SMILES string of the molecule is CCCCCCc1cc(-c2ccccc2)sc1-c1ccc(-c2ccc(-c3ccc(-c4ccc(C(c5ccc(C[Se])cc5)(c5ccc(C[Se])cc5)c5ccc(C[Se])cc5)cc4)s3)s2)s1. The molecule has 0 saturated carbocycles. The predicted octanol–water partition coefficient (Wildman–Crippen LogP) is 15.8. The summed E-state index contributed by atoms with van der Waals surface area (Å²) in [4.78, 5) is 10.8. The number of hydrogen-bond donors (Lipinski definition) is 0. The second kappa shape index (κ2) is 20.7. The normalized spacial score (nSPS) is 11.7. The third kappa shape index (κ3) is 9.58. The van der Waals surface area contributed by atoms with Gasteiger partial charge in [-0.05, 0) is 60.4 Å². The molecule has 0 spiro atoms. The van der Waals surface area contributed by atoms with E-state index in [4.69, 9.17) is 0 Å². The average molecular weight is 1090 g/mol. The summed E-state index contributed by atoms with van der Waals surface area (Å²) in [6.07, 6.45) is 6.26. The zero-order valence-corrected chi connectivity index (χ0v) is 43.6. The Labute approximate surface area is 414 Å². The van der Waals surface area contributed by atoms with Crippen LogP contribution in [0.5, 0.6) is 0 Å². The average Bonchev–Trinajstić information content (AvgIpc) is 4.19. The van der Waals surface area contributed by atoms with Crippen molar-refractivity contribution in [3.63, 3.8) is 0 Å². The third-order valence-corrected chi connectivity index (χ3v) is 19.2. The van der Waals surface area contributed by atoms with Gasteiger partial charge in [-0.2, -0.15) is 0 Å². The molecule has 0 bridgehead atoms. The van der Waals surface area contributed by atoms with E-state index >= 15 is 0 Å². The second-order valence-electron chi connectivity index (χ2n) is 16.0. The van der Waals surface area contributed by atoms with Gasteiger partial charge >= 0.3 is 233 Å². The molecule has 0 atom stereocenters. The molecule has 0 unspecified atom stereocenters. The summed E-state index contributed by atoms with van der Waals surface area (Å²) in [5.41, 5.74) is 12.5. The molecule has 63 heavy (non-hydrogen) atoms. The number of benzene rings is 5. The van der Waals surface area contributed by atoms with Crippen LogP contribution in [0, 0.1) is 0 Å². The van der Waals surface area contributed by atoms with Crippen LogP contribution in [-0.2, 0) is 27.8 Å². The van der Waals surface area contributed by atoms with Crippen LogP contribution in [0.3, 0.4) is 0 Å². The molecule has 0 aliphatic carbocycles. The summed E-state index contributed by atoms with van der Waals surface area (Å²) in [5.74, 6) is 0. The number of aryl methyl sites for hydroxylation is 1. The van der Waals surface area contributed by atoms with Crippen molar-refractivity contribution >= 4 is 93.4 Å². The van der Waals surface area contributed by atoms with E-state index in [1.165, 1.54) is 120 Å². The summed E-state index contributed by atoms with van der Waals surface area (Å²) in [7, 11) is 0. The van der Waals surface area contributed by atoms with Crippen molar-refractivity contribution in [1.82, 2.24) is 0 Å². The van der Waals surface area contributed by atoms with E-state index in [1.54, 1.807) is 0 Å². The molecule has 4 heterocycles. The molecular weight excluding hydrogens is 1040 g/mol. The minimum absolute atomic E-state index is 0.500. The van der Waals surface area contributed by atoms with Crippen molar-refractivity contribution in [3.05, 3.63) is 214 Å². The number of hydrogen-bond acceptors (Lipinski definition) is 4. The zero-order chi connectivity index (χ0) is 43.2. The van der Waals surface area contributed by atoms with E-state index < -0.39 is 5.41 Å². The summed E-state index contributed by atoms with van der Waals surface area (Å²) < 4.78 is 0. The smallest absolute Gasteiger partial charge is 0.134 e. The first-order valence-corrected chi connectivity index (χ1v) is 28.5. The van der Waals surface area contributed by atoms with Crippen molar-refractivity contribution in [3.8, 4) is 50.1 Å². The van der Waals surface area contributed by atoms with E-state index in [0.29, 0.717) is 0 Å². The maximum atomic E-state index is 3.20. The summed E-state index contributed by atoms with van der Waals surface area (Å²) in [6.45, 7) is 2.29. The first kappa shape index (κ1) is 44.7. The first-order valence-electron chi connectivity index (χ1n) is 21.6. The van der Waals surface area contributed by atoms with Gasteiger partial charge in [0, 0.05) is 34.1 Å². The van der Waals surface area contributed by atoms with Crippen LogP contribution in [0.2, 0.25) is 0 Å². The van der Waals surface area contributed by atoms with Gasteiger partial charge < -0.3 is 0 Å². The Morgan fingerprint density at radius 1 is 0.381 bits per heavy atom. The van der Waals surface area contributed by atoms with Crippen LogP contribution in [0.25, 0.3) is 50.1 Å². The molecule has 313 valence electrons. The molecule has 0 fully saturated rings. The zero-order valence-electron chi connectivity index (χ0n) is 35.2. The number of unbranched alkanes of at least 4 members (excludes halogenated alkanes) is 3. The van der Waals surface area contributed by atoms with E-state index in [1.807, 2.05) is 45.3 Å². The standard InChI is InChI=1S/C56H47S4Se3/c1-2-3-4-6-11-43-34-54(41-9-7-5-8-10-41)60-55(43)53-33-32-52(59-53)51-31-30-50(58-51)49-29-28-48(57-49)42-18-26-47(27-19-42)56(44-20-12-38(35-61)13-21-44,45-22-14-39(36-62)15-23-45)46-24-16-40(37-63)17-25-46/h5,7-10,12-34H,2-4,6,11,35-37H2,1H3. The molecule has 4 aromatic heterocycles. The van der Waals surface area contributed by atoms with Crippen molar-refractivity contribution in [2.75, 3.05) is 0 Å². The summed E-state index contributed by atoms with van der Waals surface area (Å²) in [5, 5.41) is 2.67. The Morgan fingerprint density at radius 2 is 0.794 bits per heavy atom. The summed E-state index contributed by atoms with van der Waals surface area (Å²) in [6, 6.07) is 64.3. The Bertz CT molecular complexity index is 2740. The van der Waals surface area contributed by atoms with Crippen LogP contribution in [0.15, 0.2) is 170 Å². The van der Waals surface area contributed by atoms with Gasteiger partial charge in [-0.1, -0.05) is 56.5 Å². The molecular formula is C56H47S4Se3. The van der Waals surface area contributed by atoms with E-state index in [9.17, 15) is 0 Å². The molecule has 0 nitrogen and oxygen atoms in total. The second-order valence-corrected chi connectivity index (χ2v) is 22.1. The Balaban J connectivity index is 1.01. The van der Waals surface area contributed by atoms with Gasteiger partial charge in [-0.25, -0.2) is 0 Å². The van der Waals surface area contributed by atoms with Crippen molar-refractivity contribution in [2.24, 2.45) is 0 Å². The first-order chi connectivity index (χ1) is 31.0. The topological polar surface area (TPSA) is 0 Å². The predicted molar refractivity (Wildman–Crippen MR) is 280 cm³/mol. The number of rotatable bonds is 17. The maximum absolute atomic E-state index is 3.20. The van der Waals surface area contributed by atoms with Gasteiger partial charge in [-0.3, -0.25) is 0 Å². The fourth-order valence-electron chi connectivity index (χ4n) is 8.57. The van der Waals surface area contributed by atoms with Gasteiger partial charge in [0.1, 0.15) is 0 Å². The van der Waals surface area contributed by atoms with Gasteiger partial charge in [-0.15, -0.1) is 34.0 Å². The van der Waals surface area contributed by atoms with Gasteiger partial charge in [0.15, 0.2) is 0 Å². The molecule has 9 aromatic rings. The fourth-order valence-corrected chi connectivity index (χ4v) is 14.3. The van der Waals surface area contributed by atoms with Crippen molar-refractivity contribution in [1.29, 1.82) is 0 Å². The van der Waals surface area contributed by atoms with E-state index in [2.05, 4.69) is 225 Å². The Hall–Kier alpha value is -3.54. The van der Waals surface area contributed by atoms with Crippen LogP contribution < -0.4 is 0 Å². The molecule has 0 aliphatic rings. The third-order valence-electron chi connectivity index (χ3n) is 12.0. The molecule has 0 N–H and O–H groups in total. The van der Waals surface area contributed by atoms with Crippen molar-refractivity contribution < 1.29 is 0 Å². The number of thiophene rings is 4. The van der Waals surface area contributed by atoms with E-state index in [0.717, 1.165) is 22.4 Å². The Morgan fingerprint density at radius 3 is 1.27 bits per heavy atom. The minimum Gasteiger partial charge on any atom is -0.134 e. The molecule has 9 rings (SSSR count). The molecule has 7 heteroatoms. The van der Waals surface area contributed by atoms with Gasteiger partial charge in [0.2, 0.25) is 0 Å². The molecule has 5 aromatic carbocycles. The fraction of sp³-hybridized carbons (Fsp3) is 0.179. The van der Waals surface area contributed by atoms with Crippen LogP contribution in [0.1, 0.15) is 77.1 Å². The van der Waals surface area contributed by atoms with Gasteiger partial charge in [0.05, 0.1) is 0 Å². The Kier molecular flexibility index (Phi) is 14.7. The van der Waals surface area contributed by atoms with Crippen LogP contribution in [-0.4, -0.2) is 48.0 Å². The van der Waals surface area contributed by atoms with Crippen molar-refractivity contribution in [2.45, 2.75) is 60.4 Å². The van der Waals surface area contributed by atoms with Crippen LogP contribution in [0.4, 0.5) is 0 Å². The minimum atomic E-state index is -0.500. The molecule has 0 amide bonds. The quantitative estimate of drug-likeness (QED) is 0.0484. The molecule has 0 saturated heterocycles. The summed E-state index contributed by atoms with van der Waals surface area (Å²) >= 11 is 17.3. The molecule has 3 radical (unpaired) electrons. The van der Waals surface area contributed by atoms with Crippen LogP contribution >= 0.6 is 45.3 Å². The molecule has 0 aliphatic heterocycles. The van der Waals surface area contributed by atoms with E-state index in [-0.39, 0.29) is 0 Å².